The summed E-state index contributed by atoms with van der Waals surface area (Å²) in [7, 11) is 1.71. The van der Waals surface area contributed by atoms with Gasteiger partial charge in [-0.05, 0) is 31.2 Å². The maximum Gasteiger partial charge on any atom is 0.338 e. The van der Waals surface area contributed by atoms with Gasteiger partial charge in [0.15, 0.2) is 11.5 Å². The summed E-state index contributed by atoms with van der Waals surface area (Å²) >= 11 is 0. The fourth-order valence-corrected chi connectivity index (χ4v) is 2.76. The van der Waals surface area contributed by atoms with E-state index in [2.05, 4.69) is 35.7 Å². The summed E-state index contributed by atoms with van der Waals surface area (Å²) in [6.07, 6.45) is 4.57. The van der Waals surface area contributed by atoms with Gasteiger partial charge in [-0.2, -0.15) is 10.1 Å². The minimum Gasteiger partial charge on any atom is -0.462 e. The van der Waals surface area contributed by atoms with E-state index in [1.165, 1.54) is 29.2 Å². The van der Waals surface area contributed by atoms with Crippen LogP contribution in [-0.2, 0) is 11.8 Å². The number of fused-ring (bicyclic) bond motifs is 1. The Labute approximate surface area is 170 Å². The second-order valence-corrected chi connectivity index (χ2v) is 6.16. The minimum absolute atomic E-state index is 0.0868. The number of anilines is 4. The average Bonchev–Trinajstić information content (AvgIpc) is 3.05. The topological polar surface area (TPSA) is 120 Å². The van der Waals surface area contributed by atoms with Crippen LogP contribution in [0.2, 0.25) is 0 Å². The zero-order valence-corrected chi connectivity index (χ0v) is 16.1. The average molecular weight is 408 g/mol. The Hall–Kier alpha value is -4.15. The molecule has 0 radical (unpaired) electrons. The molecule has 3 heterocycles. The van der Waals surface area contributed by atoms with E-state index in [4.69, 9.17) is 4.74 Å². The van der Waals surface area contributed by atoms with Crippen molar-refractivity contribution in [2.24, 2.45) is 7.05 Å². The molecule has 2 N–H and O–H groups in total. The minimum atomic E-state index is -0.537. The van der Waals surface area contributed by atoms with Crippen LogP contribution in [0.25, 0.3) is 11.0 Å². The van der Waals surface area contributed by atoms with Gasteiger partial charge in [-0.3, -0.25) is 0 Å². The number of carbonyl (C=O) groups excluding carboxylic acids is 1. The normalized spacial score (nSPS) is 10.8. The molecule has 0 fully saturated rings. The predicted molar refractivity (Wildman–Crippen MR) is 107 cm³/mol. The quantitative estimate of drug-likeness (QED) is 0.464. The third-order valence-electron chi connectivity index (χ3n) is 4.13. The van der Waals surface area contributed by atoms with Crippen LogP contribution in [0.15, 0.2) is 43.0 Å². The molecule has 0 saturated carbocycles. The highest BCUT2D eigenvalue weighted by atomic mass is 19.1. The van der Waals surface area contributed by atoms with Gasteiger partial charge in [0.1, 0.15) is 18.0 Å². The fraction of sp³-hybridized carbons (Fsp3) is 0.158. The molecule has 0 saturated heterocycles. The third-order valence-corrected chi connectivity index (χ3v) is 4.13. The molecule has 0 unspecified atom stereocenters. The van der Waals surface area contributed by atoms with Gasteiger partial charge in [0, 0.05) is 19.4 Å². The standard InChI is InChI=1S/C19H17FN8O2/c1-3-30-18(29)11-4-5-13(20)14(8-11)24-16-12-9-22-19(26-17(12)28(2)27-16)25-15-6-7-21-10-23-15/h4-10H,3H2,1-2H3,(H,24,27)(H,21,22,23,25,26). The number of nitrogens with one attached hydrogen (secondary N) is 2. The molecule has 4 aromatic rings. The Balaban J connectivity index is 1.64. The fourth-order valence-electron chi connectivity index (χ4n) is 2.76. The summed E-state index contributed by atoms with van der Waals surface area (Å²) in [5.74, 6) is 0.148. The molecule has 0 aliphatic heterocycles. The van der Waals surface area contributed by atoms with Crippen molar-refractivity contribution in [2.45, 2.75) is 6.92 Å². The molecule has 0 bridgehead atoms. The van der Waals surface area contributed by atoms with Crippen molar-refractivity contribution >= 4 is 40.3 Å². The molecule has 0 aliphatic rings. The number of carbonyl (C=O) groups is 1. The van der Waals surface area contributed by atoms with Crippen LogP contribution >= 0.6 is 0 Å². The van der Waals surface area contributed by atoms with Crippen molar-refractivity contribution < 1.29 is 13.9 Å². The molecule has 0 spiro atoms. The van der Waals surface area contributed by atoms with Crippen molar-refractivity contribution in [1.29, 1.82) is 0 Å². The van der Waals surface area contributed by atoms with Crippen LogP contribution in [0.4, 0.5) is 27.7 Å². The van der Waals surface area contributed by atoms with Crippen LogP contribution in [0.1, 0.15) is 17.3 Å². The molecule has 3 aromatic heterocycles. The van der Waals surface area contributed by atoms with E-state index >= 15 is 0 Å². The maximum atomic E-state index is 14.3. The largest absolute Gasteiger partial charge is 0.462 e. The zero-order chi connectivity index (χ0) is 21.1. The summed E-state index contributed by atoms with van der Waals surface area (Å²) in [4.78, 5) is 28.6. The maximum absolute atomic E-state index is 14.3. The van der Waals surface area contributed by atoms with Gasteiger partial charge in [0.05, 0.1) is 23.2 Å². The van der Waals surface area contributed by atoms with Gasteiger partial charge in [0.2, 0.25) is 5.95 Å². The smallest absolute Gasteiger partial charge is 0.338 e. The van der Waals surface area contributed by atoms with Gasteiger partial charge in [-0.15, -0.1) is 0 Å². The number of ether oxygens (including phenoxy) is 1. The first-order chi connectivity index (χ1) is 14.5. The van der Waals surface area contributed by atoms with Crippen molar-refractivity contribution in [3.05, 3.63) is 54.4 Å². The number of benzene rings is 1. The van der Waals surface area contributed by atoms with E-state index in [0.29, 0.717) is 28.6 Å². The zero-order valence-electron chi connectivity index (χ0n) is 16.1. The lowest BCUT2D eigenvalue weighted by Gasteiger charge is -2.08. The number of nitrogens with zero attached hydrogens (tertiary/aromatic N) is 6. The molecule has 10 nitrogen and oxygen atoms in total. The van der Waals surface area contributed by atoms with Gasteiger partial charge in [-0.1, -0.05) is 0 Å². The van der Waals surface area contributed by atoms with Crippen molar-refractivity contribution in [3.8, 4) is 0 Å². The second kappa shape index (κ2) is 8.07. The van der Waals surface area contributed by atoms with E-state index in [-0.39, 0.29) is 17.9 Å². The second-order valence-electron chi connectivity index (χ2n) is 6.16. The molecule has 0 atom stereocenters. The van der Waals surface area contributed by atoms with Crippen molar-refractivity contribution in [2.75, 3.05) is 17.2 Å². The van der Waals surface area contributed by atoms with Crippen LogP contribution in [-0.4, -0.2) is 42.3 Å². The molecule has 0 aliphatic carbocycles. The van der Waals surface area contributed by atoms with Crippen LogP contribution in [0.3, 0.4) is 0 Å². The Kier molecular flexibility index (Phi) is 5.16. The van der Waals surface area contributed by atoms with Gasteiger partial charge in [-0.25, -0.2) is 28.8 Å². The summed E-state index contributed by atoms with van der Waals surface area (Å²) in [5, 5.41) is 10.8. The SMILES string of the molecule is CCOC(=O)c1ccc(F)c(Nc2nn(C)c3nc(Nc4ccncn4)ncc23)c1. The highest BCUT2D eigenvalue weighted by Crippen LogP contribution is 2.27. The lowest BCUT2D eigenvalue weighted by molar-refractivity contribution is 0.0526. The first-order valence-corrected chi connectivity index (χ1v) is 9.01. The Bertz CT molecular complexity index is 1210. The van der Waals surface area contributed by atoms with E-state index in [1.807, 2.05) is 0 Å². The van der Waals surface area contributed by atoms with E-state index in [9.17, 15) is 9.18 Å². The van der Waals surface area contributed by atoms with Gasteiger partial charge in [0.25, 0.3) is 0 Å². The van der Waals surface area contributed by atoms with Crippen LogP contribution in [0.5, 0.6) is 0 Å². The van der Waals surface area contributed by atoms with Crippen LogP contribution < -0.4 is 10.6 Å². The number of esters is 1. The first kappa shape index (κ1) is 19.2. The summed E-state index contributed by atoms with van der Waals surface area (Å²) in [5.41, 5.74) is 0.836. The lowest BCUT2D eigenvalue weighted by Crippen LogP contribution is -2.06. The summed E-state index contributed by atoms with van der Waals surface area (Å²) in [6, 6.07) is 5.62. The number of aryl methyl sites for hydroxylation is 1. The van der Waals surface area contributed by atoms with E-state index in [1.54, 1.807) is 32.4 Å². The van der Waals surface area contributed by atoms with Crippen molar-refractivity contribution in [1.82, 2.24) is 29.7 Å². The molecule has 152 valence electrons. The molecular weight excluding hydrogens is 391 g/mol. The Morgan fingerprint density at radius 1 is 1.23 bits per heavy atom. The highest BCUT2D eigenvalue weighted by Gasteiger charge is 2.16. The predicted octanol–water partition coefficient (Wildman–Crippen LogP) is 2.96. The van der Waals surface area contributed by atoms with Crippen LogP contribution in [0, 0.1) is 5.82 Å². The van der Waals surface area contributed by atoms with E-state index < -0.39 is 11.8 Å². The molecule has 1 aromatic carbocycles. The number of hydrogen-bond donors (Lipinski definition) is 2. The molecular formula is C19H17FN8O2. The van der Waals surface area contributed by atoms with Gasteiger partial charge < -0.3 is 15.4 Å². The summed E-state index contributed by atoms with van der Waals surface area (Å²) < 4.78 is 20.8. The number of rotatable bonds is 6. The van der Waals surface area contributed by atoms with Gasteiger partial charge >= 0.3 is 5.97 Å². The molecule has 0 amide bonds. The number of halogens is 1. The number of aromatic nitrogens is 6. The van der Waals surface area contributed by atoms with E-state index in [0.717, 1.165) is 0 Å². The molecule has 11 heteroatoms. The third kappa shape index (κ3) is 3.85. The molecule has 4 rings (SSSR count). The molecule has 30 heavy (non-hydrogen) atoms. The first-order valence-electron chi connectivity index (χ1n) is 9.01. The number of hydrogen-bond acceptors (Lipinski definition) is 9. The highest BCUT2D eigenvalue weighted by molar-refractivity contribution is 5.92. The Morgan fingerprint density at radius 3 is 2.87 bits per heavy atom. The summed E-state index contributed by atoms with van der Waals surface area (Å²) in [6.45, 7) is 1.93. The Morgan fingerprint density at radius 2 is 2.10 bits per heavy atom. The van der Waals surface area contributed by atoms with Crippen molar-refractivity contribution in [3.63, 3.8) is 0 Å². The monoisotopic (exact) mass is 408 g/mol. The lowest BCUT2D eigenvalue weighted by atomic mass is 10.2.